The Morgan fingerprint density at radius 1 is 0.586 bits per heavy atom. The predicted octanol–water partition coefficient (Wildman–Crippen LogP) is 5.34. The van der Waals surface area contributed by atoms with Crippen LogP contribution in [0.25, 0.3) is 0 Å². The number of amides is 4. The number of nitrogens with zero attached hydrogens (tertiary/aromatic N) is 5. The number of likely N-dealkylation sites (N-methyl/N-ethyl adjacent to an activating group) is 1. The summed E-state index contributed by atoms with van der Waals surface area (Å²) in [5.41, 5.74) is -3.30. The van der Waals surface area contributed by atoms with E-state index in [9.17, 15) is 55.6 Å². The molecule has 0 aromatic heterocycles. The van der Waals surface area contributed by atoms with Gasteiger partial charge in [0.2, 0.25) is 0 Å². The zero-order valence-corrected chi connectivity index (χ0v) is 56.0. The van der Waals surface area contributed by atoms with E-state index in [0.29, 0.717) is 82.4 Å². The maximum absolute atomic E-state index is 12.2. The molecule has 504 valence electrons. The number of aliphatic carboxylic acids is 1. The molecule has 4 atom stereocenters. The maximum atomic E-state index is 12.2. The Balaban J connectivity index is -0.00000103. The van der Waals surface area contributed by atoms with Crippen molar-refractivity contribution in [1.82, 2.24) is 24.5 Å². The van der Waals surface area contributed by atoms with Crippen LogP contribution >= 0.6 is 11.6 Å². The van der Waals surface area contributed by atoms with Crippen LogP contribution in [0.3, 0.4) is 0 Å². The summed E-state index contributed by atoms with van der Waals surface area (Å²) in [6.07, 6.45) is -1.04. The molecule has 0 aromatic carbocycles. The summed E-state index contributed by atoms with van der Waals surface area (Å²) in [5, 5.41) is 9.02. The van der Waals surface area contributed by atoms with Crippen molar-refractivity contribution in [2.24, 2.45) is 5.92 Å². The fraction of sp³-hybridized carbons (Fsp3) is 0.800. The Labute approximate surface area is 527 Å². The zero-order valence-electron chi connectivity index (χ0n) is 53.1. The third-order valence-corrected chi connectivity index (χ3v) is 10.9. The van der Waals surface area contributed by atoms with Crippen molar-refractivity contribution in [1.29, 1.82) is 0 Å². The van der Waals surface area contributed by atoms with Gasteiger partial charge in [-0.3, -0.25) is 24.4 Å². The van der Waals surface area contributed by atoms with E-state index >= 15 is 0 Å². The minimum absolute atomic E-state index is 0. The van der Waals surface area contributed by atoms with Gasteiger partial charge in [0.1, 0.15) is 46.6 Å². The van der Waals surface area contributed by atoms with Gasteiger partial charge in [0.05, 0.1) is 33.0 Å². The van der Waals surface area contributed by atoms with Crippen LogP contribution in [-0.4, -0.2) is 226 Å². The number of carboxylic acids is 1. The first-order valence-electron chi connectivity index (χ1n) is 27.8. The van der Waals surface area contributed by atoms with Crippen molar-refractivity contribution in [2.75, 3.05) is 79.4 Å². The van der Waals surface area contributed by atoms with Crippen molar-refractivity contribution in [2.45, 2.75) is 204 Å². The van der Waals surface area contributed by atoms with Crippen LogP contribution in [0.15, 0.2) is 0 Å². The van der Waals surface area contributed by atoms with Gasteiger partial charge < -0.3 is 57.4 Å². The van der Waals surface area contributed by atoms with E-state index in [4.69, 9.17) is 49.8 Å². The van der Waals surface area contributed by atoms with Crippen LogP contribution in [0.5, 0.6) is 0 Å². The number of hydrogen-bond donors (Lipinski definition) is 1. The van der Waals surface area contributed by atoms with Crippen molar-refractivity contribution in [3.05, 3.63) is 0 Å². The van der Waals surface area contributed by atoms with Crippen LogP contribution in [0, 0.1) is 5.92 Å². The topological polar surface area (TPSA) is 334 Å². The van der Waals surface area contributed by atoms with Crippen LogP contribution in [0.2, 0.25) is 0 Å². The molecule has 0 spiro atoms. The molecule has 0 aliphatic carbocycles. The molecule has 87 heavy (non-hydrogen) atoms. The number of ether oxygens (including phenoxy) is 10. The minimum atomic E-state index is -1.57. The molecule has 0 radical (unpaired) electrons. The third kappa shape index (κ3) is 39.7. The fourth-order valence-electron chi connectivity index (χ4n) is 6.39. The first-order valence-corrected chi connectivity index (χ1v) is 30.2. The number of carbonyl (C=O) groups is 11. The van der Waals surface area contributed by atoms with Gasteiger partial charge in [0, 0.05) is 57.8 Å². The Kier molecular flexibility index (Phi) is 41.5. The predicted molar refractivity (Wildman–Crippen MR) is 309 cm³/mol. The van der Waals surface area contributed by atoms with Gasteiger partial charge in [0.15, 0.2) is 0 Å². The second kappa shape index (κ2) is 42.3. The van der Waals surface area contributed by atoms with Crippen LogP contribution in [-0.2, 0) is 76.0 Å². The molecule has 0 saturated carbocycles. The number of likely N-dealkylation sites (tertiary alicyclic amines) is 4. The van der Waals surface area contributed by atoms with Crippen LogP contribution < -0.4 is 21.6 Å². The van der Waals surface area contributed by atoms with E-state index < -0.39 is 128 Å². The number of carbonyl (C=O) groups excluding carboxylic acids is 10. The normalized spacial score (nSPS) is 18.2. The molecule has 32 heteroatoms. The molecule has 0 aromatic rings. The summed E-state index contributed by atoms with van der Waals surface area (Å²) < 4.78 is 68.0. The molecule has 5 rings (SSSR count). The van der Waals surface area contributed by atoms with E-state index in [1.54, 1.807) is 90.0 Å². The second-order valence-electron chi connectivity index (χ2n) is 23.5. The summed E-state index contributed by atoms with van der Waals surface area (Å²) in [7, 11) is 2.11. The monoisotopic (exact) mass is 1390 g/mol. The number of hydrogen-bond acceptors (Lipinski definition) is 23. The zero-order chi connectivity index (χ0) is 66.9. The van der Waals surface area contributed by atoms with Gasteiger partial charge >= 0.3 is 99.9 Å². The van der Waals surface area contributed by atoms with Crippen molar-refractivity contribution >= 4 is 82.4 Å². The number of halogens is 3. The number of carboxylic acid groups (broad SMARTS) is 1. The molecule has 0 bridgehead atoms. The quantitative estimate of drug-likeness (QED) is 0.0720. The Morgan fingerprint density at radius 3 is 1.09 bits per heavy atom. The number of esters is 4. The Bertz CT molecular complexity index is 2150. The second-order valence-corrected chi connectivity index (χ2v) is 24.8. The van der Waals surface area contributed by atoms with Gasteiger partial charge in [-0.25, -0.2) is 47.9 Å². The standard InChI is InChI=1S/C18H28N2O7.C13H21NO6.C9H15NO4.C5H9ClO2.C5H11NO.C4H8O2.CH4.BFIO/c1-17(2,3)26-15(23)19-9-7-11(19)13(21)25-14(22)12-8-10-20(12)16(24)27-18(4,5)6;1-5-8-18-12(17)19-10(15)9-6-7-14(9)11(16)20-13(2,3)4;1-9(2,3)14-8(13)10-5-4-6(10)7(11)12;1-4(2)3-8-5(6)7;1-6-2-4-7-5-3-6;1-3-6-4(2)5;;2-3-1-4/h11-12H,7-10H2,1-6H3;9H,5-8H2,1-4H3;6H,4-5H2,1-3H3,(H,11,12);4H,3H2,1-2H3;2-5H2,1H3;3H2,1-2H3;1H4;/q;;;;;;;-1/t11-,12-;9-;6-;;;;;/m000...../s1. The Hall–Kier alpha value is -5.70. The molecule has 5 aliphatic rings. The molecular weight excluding hydrogens is 1290 g/mol. The summed E-state index contributed by atoms with van der Waals surface area (Å²) in [4.78, 5) is 132. The van der Waals surface area contributed by atoms with Gasteiger partial charge in [-0.05, 0) is 135 Å². The van der Waals surface area contributed by atoms with Crippen LogP contribution in [0.4, 0.5) is 31.6 Å². The van der Waals surface area contributed by atoms with E-state index in [2.05, 4.69) is 30.9 Å². The summed E-state index contributed by atoms with van der Waals surface area (Å²) in [5.74, 6) is -3.23. The van der Waals surface area contributed by atoms with E-state index in [-0.39, 0.29) is 20.0 Å². The molecular formula is C55H96BClFIN5O23-. The summed E-state index contributed by atoms with van der Waals surface area (Å²) in [6.45, 7) is 36.4. The van der Waals surface area contributed by atoms with E-state index in [0.717, 1.165) is 26.3 Å². The molecule has 5 aliphatic heterocycles. The molecule has 4 amide bonds. The molecule has 28 nitrogen and oxygen atoms in total. The molecule has 5 fully saturated rings. The third-order valence-electron chi connectivity index (χ3n) is 10.6. The van der Waals surface area contributed by atoms with Crippen molar-refractivity contribution in [3.63, 3.8) is 0 Å². The van der Waals surface area contributed by atoms with Gasteiger partial charge in [0.25, 0.3) is 0 Å². The van der Waals surface area contributed by atoms with E-state index in [1.165, 1.54) is 26.5 Å². The first kappa shape index (κ1) is 85.5. The number of morpholine rings is 1. The van der Waals surface area contributed by atoms with Crippen molar-refractivity contribution < 1.29 is 134 Å². The summed E-state index contributed by atoms with van der Waals surface area (Å²) in [6, 6.07) is -3.18. The first-order chi connectivity index (χ1) is 39.5. The van der Waals surface area contributed by atoms with E-state index in [1.807, 2.05) is 20.8 Å². The number of rotatable bonds is 10. The molecule has 1 N–H and O–H groups in total. The summed E-state index contributed by atoms with van der Waals surface area (Å²) >= 11 is 3.29. The SMILES string of the molecule is C.CC(C)(C)OC(=O)N1CC[C@H]1C(=O)O.CC(C)(C)OC(=O)N1CC[C@H]1C(=O)OC(=O)[C@@H]1CCN1C(=O)OC(C)(C)C.CC(C)COC(=O)Cl.CCCOC(=O)OC(=O)[C@@H]1CCN1C(=O)OC(C)(C)C.CCOC(C)=O.CN1CCOCC1.O=B[I-]F. The van der Waals surface area contributed by atoms with Crippen molar-refractivity contribution in [3.8, 4) is 0 Å². The molecule has 5 heterocycles. The molecule has 5 saturated heterocycles. The fourth-order valence-corrected chi connectivity index (χ4v) is 6.45. The average molecular weight is 1390 g/mol. The van der Waals surface area contributed by atoms with Gasteiger partial charge in [-0.15, -0.1) is 0 Å². The average Bonchev–Trinajstić information content (AvgIpc) is 2.76. The molecule has 0 unspecified atom stereocenters. The van der Waals surface area contributed by atoms with Gasteiger partial charge in [-0.2, -0.15) is 0 Å². The van der Waals surface area contributed by atoms with Gasteiger partial charge in [-0.1, -0.05) is 28.2 Å². The van der Waals surface area contributed by atoms with Crippen LogP contribution in [0.1, 0.15) is 157 Å². The Morgan fingerprint density at radius 2 is 0.908 bits per heavy atom.